The van der Waals surface area contributed by atoms with Crippen molar-refractivity contribution in [3.63, 3.8) is 0 Å². The average Bonchev–Trinajstić information content (AvgIpc) is 2.96. The minimum atomic E-state index is -1.04. The molecule has 0 spiro atoms. The number of nitrogens with one attached hydrogen (secondary N) is 1. The maximum Gasteiger partial charge on any atom is 0.331 e. The quantitative estimate of drug-likeness (QED) is 0.857. The van der Waals surface area contributed by atoms with Crippen molar-refractivity contribution in [2.45, 2.75) is 18.9 Å². The molecule has 1 atom stereocenters. The molecule has 2 rings (SSSR count). The Morgan fingerprint density at radius 2 is 2.33 bits per heavy atom. The molecular formula is C12H16N2O3S. The van der Waals surface area contributed by atoms with Gasteiger partial charge in [-0.2, -0.15) is 0 Å². The summed E-state index contributed by atoms with van der Waals surface area (Å²) in [5.74, 6) is -0.448. The van der Waals surface area contributed by atoms with E-state index < -0.39 is 12.0 Å². The number of carbonyl (C=O) groups is 2. The summed E-state index contributed by atoms with van der Waals surface area (Å²) in [5, 5.41) is 13.5. The lowest BCUT2D eigenvalue weighted by atomic mass is 10.2. The molecule has 1 aromatic rings. The van der Waals surface area contributed by atoms with Crippen LogP contribution in [0.5, 0.6) is 0 Å². The number of rotatable bonds is 5. The van der Waals surface area contributed by atoms with Crippen LogP contribution in [0.25, 0.3) is 0 Å². The van der Waals surface area contributed by atoms with Crippen LogP contribution >= 0.6 is 11.3 Å². The lowest BCUT2D eigenvalue weighted by Crippen LogP contribution is -2.42. The standard InChI is InChI=1S/C12H16N2O3S/c1-14(7-8-4-5-8)12(17)13-10(11(15)16)9-3-2-6-18-9/h2-3,6,8,10H,4-5,7H2,1H3,(H,13,17)(H,15,16). The van der Waals surface area contributed by atoms with Crippen LogP contribution in [0.15, 0.2) is 17.5 Å². The van der Waals surface area contributed by atoms with E-state index in [0.717, 1.165) is 12.8 Å². The van der Waals surface area contributed by atoms with Gasteiger partial charge in [-0.05, 0) is 30.2 Å². The van der Waals surface area contributed by atoms with Crippen molar-refractivity contribution in [2.24, 2.45) is 5.92 Å². The van der Waals surface area contributed by atoms with Gasteiger partial charge in [-0.25, -0.2) is 9.59 Å². The number of nitrogens with zero attached hydrogens (tertiary/aromatic N) is 1. The highest BCUT2D eigenvalue weighted by Gasteiger charge is 2.28. The zero-order valence-electron chi connectivity index (χ0n) is 10.1. The number of carboxylic acid groups (broad SMARTS) is 1. The molecule has 1 saturated carbocycles. The van der Waals surface area contributed by atoms with Gasteiger partial charge >= 0.3 is 12.0 Å². The molecule has 1 aromatic heterocycles. The number of urea groups is 1. The van der Waals surface area contributed by atoms with Gasteiger partial charge in [-0.15, -0.1) is 11.3 Å². The summed E-state index contributed by atoms with van der Waals surface area (Å²) in [4.78, 5) is 25.2. The molecule has 0 bridgehead atoms. The Hall–Kier alpha value is -1.56. The summed E-state index contributed by atoms with van der Waals surface area (Å²) in [6, 6.07) is 2.20. The number of carbonyl (C=O) groups excluding carboxylic acids is 1. The number of hydrogen-bond acceptors (Lipinski definition) is 3. The Balaban J connectivity index is 1.95. The highest BCUT2D eigenvalue weighted by molar-refractivity contribution is 7.10. The zero-order valence-corrected chi connectivity index (χ0v) is 10.9. The molecule has 6 heteroatoms. The normalized spacial score (nSPS) is 16.1. The summed E-state index contributed by atoms with van der Waals surface area (Å²) in [6.07, 6.45) is 2.32. The molecule has 5 nitrogen and oxygen atoms in total. The molecule has 98 valence electrons. The minimum absolute atomic E-state index is 0.331. The minimum Gasteiger partial charge on any atom is -0.479 e. The first kappa shape index (κ1) is 12.9. The van der Waals surface area contributed by atoms with Crippen LogP contribution in [0.4, 0.5) is 4.79 Å². The highest BCUT2D eigenvalue weighted by Crippen LogP contribution is 2.29. The highest BCUT2D eigenvalue weighted by atomic mass is 32.1. The second-order valence-electron chi connectivity index (χ2n) is 4.56. The third kappa shape index (κ3) is 3.22. The van der Waals surface area contributed by atoms with Crippen molar-refractivity contribution < 1.29 is 14.7 Å². The Morgan fingerprint density at radius 3 is 2.83 bits per heavy atom. The van der Waals surface area contributed by atoms with Gasteiger partial charge in [-0.3, -0.25) is 0 Å². The van der Waals surface area contributed by atoms with E-state index in [9.17, 15) is 9.59 Å². The Kier molecular flexibility index (Phi) is 3.86. The van der Waals surface area contributed by atoms with Gasteiger partial charge in [0.25, 0.3) is 0 Å². The second-order valence-corrected chi connectivity index (χ2v) is 5.54. The third-order valence-electron chi connectivity index (χ3n) is 2.92. The topological polar surface area (TPSA) is 69.6 Å². The summed E-state index contributed by atoms with van der Waals surface area (Å²) < 4.78 is 0. The van der Waals surface area contributed by atoms with E-state index in [1.807, 2.05) is 0 Å². The lowest BCUT2D eigenvalue weighted by molar-refractivity contribution is -0.139. The fourth-order valence-corrected chi connectivity index (χ4v) is 2.48. The SMILES string of the molecule is CN(CC1CC1)C(=O)NC(C(=O)O)c1cccs1. The first-order valence-corrected chi connectivity index (χ1v) is 6.73. The number of amides is 2. The molecule has 1 fully saturated rings. The van der Waals surface area contributed by atoms with Crippen molar-refractivity contribution >= 4 is 23.3 Å². The lowest BCUT2D eigenvalue weighted by Gasteiger charge is -2.20. The van der Waals surface area contributed by atoms with E-state index in [1.54, 1.807) is 29.5 Å². The smallest absolute Gasteiger partial charge is 0.331 e. The summed E-state index contributed by atoms with van der Waals surface area (Å²) in [7, 11) is 1.70. The first-order valence-electron chi connectivity index (χ1n) is 5.85. The molecule has 1 unspecified atom stereocenters. The van der Waals surface area contributed by atoms with Crippen molar-refractivity contribution in [3.8, 4) is 0 Å². The molecule has 0 saturated heterocycles. The van der Waals surface area contributed by atoms with Crippen molar-refractivity contribution in [2.75, 3.05) is 13.6 Å². The van der Waals surface area contributed by atoms with Crippen molar-refractivity contribution in [3.05, 3.63) is 22.4 Å². The number of thiophene rings is 1. The Morgan fingerprint density at radius 1 is 1.61 bits per heavy atom. The van der Waals surface area contributed by atoms with E-state index in [2.05, 4.69) is 5.32 Å². The fraction of sp³-hybridized carbons (Fsp3) is 0.500. The molecule has 2 amide bonds. The van der Waals surface area contributed by atoms with Gasteiger partial charge in [0.05, 0.1) is 0 Å². The van der Waals surface area contributed by atoms with Crippen molar-refractivity contribution in [1.82, 2.24) is 10.2 Å². The van der Waals surface area contributed by atoms with Crippen LogP contribution in [0, 0.1) is 5.92 Å². The summed E-state index contributed by atoms with van der Waals surface area (Å²) in [5.41, 5.74) is 0. The van der Waals surface area contributed by atoms with Crippen LogP contribution in [-0.4, -0.2) is 35.6 Å². The number of hydrogen-bond donors (Lipinski definition) is 2. The van der Waals surface area contributed by atoms with E-state index in [-0.39, 0.29) is 6.03 Å². The Labute approximate surface area is 109 Å². The van der Waals surface area contributed by atoms with Crippen LogP contribution < -0.4 is 5.32 Å². The molecular weight excluding hydrogens is 252 g/mol. The number of aliphatic carboxylic acids is 1. The molecule has 0 aliphatic heterocycles. The van der Waals surface area contributed by atoms with Crippen molar-refractivity contribution in [1.29, 1.82) is 0 Å². The van der Waals surface area contributed by atoms with E-state index in [0.29, 0.717) is 17.3 Å². The van der Waals surface area contributed by atoms with Gasteiger partial charge in [0.15, 0.2) is 6.04 Å². The van der Waals surface area contributed by atoms with E-state index in [1.165, 1.54) is 11.3 Å². The van der Waals surface area contributed by atoms with Crippen LogP contribution in [0.3, 0.4) is 0 Å². The van der Waals surface area contributed by atoms with Gasteiger partial charge < -0.3 is 15.3 Å². The van der Waals surface area contributed by atoms with E-state index in [4.69, 9.17) is 5.11 Å². The molecule has 18 heavy (non-hydrogen) atoms. The summed E-state index contributed by atoms with van der Waals surface area (Å²) in [6.45, 7) is 0.697. The predicted octanol–water partition coefficient (Wildman–Crippen LogP) is 1.93. The van der Waals surface area contributed by atoms with Gasteiger partial charge in [0, 0.05) is 18.5 Å². The molecule has 0 aromatic carbocycles. The largest absolute Gasteiger partial charge is 0.479 e. The van der Waals surface area contributed by atoms with Gasteiger partial charge in [0.1, 0.15) is 0 Å². The predicted molar refractivity (Wildman–Crippen MR) is 68.6 cm³/mol. The number of carboxylic acids is 1. The average molecular weight is 268 g/mol. The van der Waals surface area contributed by atoms with Gasteiger partial charge in [-0.1, -0.05) is 6.07 Å². The molecule has 1 heterocycles. The van der Waals surface area contributed by atoms with Gasteiger partial charge in [0.2, 0.25) is 0 Å². The zero-order chi connectivity index (χ0) is 13.1. The fourth-order valence-electron chi connectivity index (χ4n) is 1.71. The van der Waals surface area contributed by atoms with Crippen LogP contribution in [0.1, 0.15) is 23.8 Å². The third-order valence-corrected chi connectivity index (χ3v) is 3.86. The monoisotopic (exact) mass is 268 g/mol. The first-order chi connectivity index (χ1) is 8.58. The molecule has 2 N–H and O–H groups in total. The Bertz CT molecular complexity index is 429. The van der Waals surface area contributed by atoms with E-state index >= 15 is 0 Å². The maximum atomic E-state index is 11.9. The molecule has 1 aliphatic rings. The summed E-state index contributed by atoms with van der Waals surface area (Å²) >= 11 is 1.33. The van der Waals surface area contributed by atoms with Crippen LogP contribution in [-0.2, 0) is 4.79 Å². The van der Waals surface area contributed by atoms with Crippen LogP contribution in [0.2, 0.25) is 0 Å². The molecule has 1 aliphatic carbocycles. The molecule has 0 radical (unpaired) electrons. The maximum absolute atomic E-state index is 11.9. The second kappa shape index (κ2) is 5.39.